The zero-order valence-corrected chi connectivity index (χ0v) is 12.9. The van der Waals surface area contributed by atoms with E-state index >= 15 is 0 Å². The number of hydrogen-bond donors (Lipinski definition) is 1. The van der Waals surface area contributed by atoms with E-state index in [1.165, 1.54) is 12.1 Å². The summed E-state index contributed by atoms with van der Waals surface area (Å²) in [5, 5.41) is 9.07. The highest BCUT2D eigenvalue weighted by Gasteiger charge is 2.15. The van der Waals surface area contributed by atoms with Gasteiger partial charge in [0.2, 0.25) is 0 Å². The number of sulfonamides is 1. The highest BCUT2D eigenvalue weighted by Crippen LogP contribution is 2.23. The number of nitrogens with one attached hydrogen (secondary N) is 1. The Kier molecular flexibility index (Phi) is 4.51. The van der Waals surface area contributed by atoms with Crippen LogP contribution in [0, 0.1) is 18.3 Å². The predicted octanol–water partition coefficient (Wildman–Crippen LogP) is 3.52. The summed E-state index contributed by atoms with van der Waals surface area (Å²) in [6, 6.07) is 13.2. The molecule has 2 aromatic rings. The van der Waals surface area contributed by atoms with E-state index in [-0.39, 0.29) is 11.3 Å². The third kappa shape index (κ3) is 3.75. The second-order valence-corrected chi connectivity index (χ2v) is 6.66. The van der Waals surface area contributed by atoms with E-state index in [4.69, 9.17) is 16.9 Å². The van der Waals surface area contributed by atoms with Crippen LogP contribution >= 0.6 is 11.6 Å². The van der Waals surface area contributed by atoms with Crippen LogP contribution in [0.4, 0.5) is 5.69 Å². The van der Waals surface area contributed by atoms with Crippen LogP contribution in [-0.2, 0) is 16.4 Å². The van der Waals surface area contributed by atoms with E-state index < -0.39 is 10.0 Å². The normalized spacial score (nSPS) is 10.9. The molecule has 1 N–H and O–H groups in total. The van der Waals surface area contributed by atoms with Crippen molar-refractivity contribution in [1.82, 2.24) is 0 Å². The molecule has 108 valence electrons. The van der Waals surface area contributed by atoms with Gasteiger partial charge in [-0.3, -0.25) is 4.72 Å². The molecule has 0 saturated carbocycles. The van der Waals surface area contributed by atoms with E-state index in [0.29, 0.717) is 10.7 Å². The van der Waals surface area contributed by atoms with Crippen LogP contribution in [0.5, 0.6) is 0 Å². The van der Waals surface area contributed by atoms with E-state index in [1.54, 1.807) is 37.3 Å². The summed E-state index contributed by atoms with van der Waals surface area (Å²) in [4.78, 5) is 0.142. The molecule has 2 aromatic carbocycles. The molecule has 0 aliphatic rings. The van der Waals surface area contributed by atoms with Crippen molar-refractivity contribution in [3.8, 4) is 6.07 Å². The predicted molar refractivity (Wildman–Crippen MR) is 82.8 cm³/mol. The zero-order chi connectivity index (χ0) is 15.5. The molecular formula is C15H13ClN2O2S. The van der Waals surface area contributed by atoms with E-state index in [9.17, 15) is 8.42 Å². The van der Waals surface area contributed by atoms with Gasteiger partial charge < -0.3 is 0 Å². The first-order chi connectivity index (χ1) is 9.92. The third-order valence-electron chi connectivity index (χ3n) is 2.96. The van der Waals surface area contributed by atoms with Gasteiger partial charge in [0, 0.05) is 5.02 Å². The topological polar surface area (TPSA) is 70.0 Å². The SMILES string of the molecule is Cc1ccc(Cl)cc1NS(=O)(=O)c1ccc(CC#N)cc1. The first kappa shape index (κ1) is 15.4. The van der Waals surface area contributed by atoms with Crippen molar-refractivity contribution in [1.29, 1.82) is 5.26 Å². The fourth-order valence-corrected chi connectivity index (χ4v) is 3.08. The summed E-state index contributed by atoms with van der Waals surface area (Å²) in [7, 11) is -3.68. The highest BCUT2D eigenvalue weighted by molar-refractivity contribution is 7.92. The lowest BCUT2D eigenvalue weighted by Gasteiger charge is -2.11. The van der Waals surface area contributed by atoms with Crippen LogP contribution in [0.2, 0.25) is 5.02 Å². The summed E-state index contributed by atoms with van der Waals surface area (Å²) in [5.41, 5.74) is 2.00. The van der Waals surface area contributed by atoms with E-state index in [2.05, 4.69) is 4.72 Å². The molecule has 0 amide bonds. The van der Waals surface area contributed by atoms with E-state index in [0.717, 1.165) is 11.1 Å². The lowest BCUT2D eigenvalue weighted by atomic mass is 10.2. The Balaban J connectivity index is 2.30. The fraction of sp³-hybridized carbons (Fsp3) is 0.133. The monoisotopic (exact) mass is 320 g/mol. The first-order valence-electron chi connectivity index (χ1n) is 6.17. The lowest BCUT2D eigenvalue weighted by molar-refractivity contribution is 0.601. The van der Waals surface area contributed by atoms with Gasteiger partial charge in [0.15, 0.2) is 0 Å². The second-order valence-electron chi connectivity index (χ2n) is 4.54. The Bertz CT molecular complexity index is 793. The molecular weight excluding hydrogens is 308 g/mol. The largest absolute Gasteiger partial charge is 0.279 e. The zero-order valence-electron chi connectivity index (χ0n) is 11.3. The molecule has 0 bridgehead atoms. The molecule has 0 aromatic heterocycles. The maximum absolute atomic E-state index is 12.3. The molecule has 0 unspecified atom stereocenters. The van der Waals surface area contributed by atoms with Gasteiger partial charge in [-0.15, -0.1) is 0 Å². The molecule has 4 nitrogen and oxygen atoms in total. The number of rotatable bonds is 4. The Labute approximate surface area is 129 Å². The van der Waals surface area contributed by atoms with Gasteiger partial charge in [-0.05, 0) is 42.3 Å². The van der Waals surface area contributed by atoms with Crippen LogP contribution in [0.25, 0.3) is 0 Å². The summed E-state index contributed by atoms with van der Waals surface area (Å²) in [6.45, 7) is 1.80. The molecule has 0 atom stereocenters. The average molecular weight is 321 g/mol. The highest BCUT2D eigenvalue weighted by atomic mass is 35.5. The number of halogens is 1. The van der Waals surface area contributed by atoms with E-state index in [1.807, 2.05) is 6.07 Å². The molecule has 0 spiro atoms. The number of anilines is 1. The molecule has 0 heterocycles. The summed E-state index contributed by atoms with van der Waals surface area (Å²) < 4.78 is 27.1. The Morgan fingerprint density at radius 2 is 1.86 bits per heavy atom. The molecule has 0 saturated heterocycles. The van der Waals surface area contributed by atoms with Crippen molar-refractivity contribution in [2.24, 2.45) is 0 Å². The fourth-order valence-electron chi connectivity index (χ4n) is 1.79. The van der Waals surface area contributed by atoms with Gasteiger partial charge in [0.05, 0.1) is 23.1 Å². The van der Waals surface area contributed by atoms with Gasteiger partial charge in [-0.25, -0.2) is 8.42 Å². The third-order valence-corrected chi connectivity index (χ3v) is 4.58. The molecule has 0 aliphatic carbocycles. The maximum Gasteiger partial charge on any atom is 0.261 e. The number of aryl methyl sites for hydroxylation is 1. The standard InChI is InChI=1S/C15H13ClN2O2S/c1-11-2-5-13(16)10-15(11)18-21(19,20)14-6-3-12(4-7-14)8-9-17/h2-7,10,18H,8H2,1H3. The molecule has 6 heteroatoms. The van der Waals surface area contributed by atoms with Crippen molar-refractivity contribution in [3.63, 3.8) is 0 Å². The molecule has 2 rings (SSSR count). The second kappa shape index (κ2) is 6.17. The molecule has 0 radical (unpaired) electrons. The minimum atomic E-state index is -3.68. The van der Waals surface area contributed by atoms with Crippen LogP contribution in [0.15, 0.2) is 47.4 Å². The van der Waals surface area contributed by atoms with Crippen molar-refractivity contribution in [2.45, 2.75) is 18.2 Å². The minimum absolute atomic E-state index is 0.142. The minimum Gasteiger partial charge on any atom is -0.279 e. The van der Waals surface area contributed by atoms with Crippen LogP contribution in [0.3, 0.4) is 0 Å². The van der Waals surface area contributed by atoms with Gasteiger partial charge >= 0.3 is 0 Å². The number of nitriles is 1. The Hall–Kier alpha value is -2.03. The summed E-state index contributed by atoms with van der Waals surface area (Å²) in [6.07, 6.45) is 0.251. The molecule has 21 heavy (non-hydrogen) atoms. The van der Waals surface area contributed by atoms with Gasteiger partial charge in [-0.2, -0.15) is 5.26 Å². The van der Waals surface area contributed by atoms with Crippen molar-refractivity contribution in [3.05, 3.63) is 58.6 Å². The number of benzene rings is 2. The van der Waals surface area contributed by atoms with Gasteiger partial charge in [0.1, 0.15) is 0 Å². The van der Waals surface area contributed by atoms with Crippen LogP contribution < -0.4 is 4.72 Å². The molecule has 0 aliphatic heterocycles. The molecule has 0 fully saturated rings. The number of hydrogen-bond acceptors (Lipinski definition) is 3. The lowest BCUT2D eigenvalue weighted by Crippen LogP contribution is -2.13. The Morgan fingerprint density at radius 3 is 2.48 bits per heavy atom. The first-order valence-corrected chi connectivity index (χ1v) is 8.03. The van der Waals surface area contributed by atoms with Crippen molar-refractivity contribution < 1.29 is 8.42 Å². The quantitative estimate of drug-likeness (QED) is 0.937. The van der Waals surface area contributed by atoms with Gasteiger partial charge in [0.25, 0.3) is 10.0 Å². The van der Waals surface area contributed by atoms with Crippen LogP contribution in [-0.4, -0.2) is 8.42 Å². The summed E-state index contributed by atoms with van der Waals surface area (Å²) >= 11 is 5.88. The average Bonchev–Trinajstić information content (AvgIpc) is 2.44. The van der Waals surface area contributed by atoms with Gasteiger partial charge in [-0.1, -0.05) is 29.8 Å². The smallest absolute Gasteiger partial charge is 0.261 e. The van der Waals surface area contributed by atoms with Crippen molar-refractivity contribution in [2.75, 3.05) is 4.72 Å². The maximum atomic E-state index is 12.3. The van der Waals surface area contributed by atoms with Crippen LogP contribution in [0.1, 0.15) is 11.1 Å². The Morgan fingerprint density at radius 1 is 1.19 bits per heavy atom. The number of nitrogens with zero attached hydrogens (tertiary/aromatic N) is 1. The summed E-state index contributed by atoms with van der Waals surface area (Å²) in [5.74, 6) is 0. The van der Waals surface area contributed by atoms with Crippen molar-refractivity contribution >= 4 is 27.3 Å².